The topological polar surface area (TPSA) is 36.1 Å². The fourth-order valence-electron chi connectivity index (χ4n) is 2.32. The summed E-state index contributed by atoms with van der Waals surface area (Å²) in [7, 11) is 0. The number of anilines is 1. The predicted molar refractivity (Wildman–Crippen MR) is 78.6 cm³/mol. The second-order valence-corrected chi connectivity index (χ2v) is 5.71. The Morgan fingerprint density at radius 3 is 2.28 bits per heavy atom. The highest BCUT2D eigenvalue weighted by atomic mass is 35.5. The number of aromatic amines is 1. The van der Waals surface area contributed by atoms with Crippen molar-refractivity contribution in [2.75, 3.05) is 18.0 Å². The third kappa shape index (κ3) is 5.00. The van der Waals surface area contributed by atoms with Crippen LogP contribution in [0.25, 0.3) is 10.9 Å². The van der Waals surface area contributed by atoms with E-state index < -0.39 is 47.6 Å². The van der Waals surface area contributed by atoms with Crippen LogP contribution in [0.15, 0.2) is 29.1 Å². The van der Waals surface area contributed by atoms with E-state index in [0.717, 1.165) is 18.2 Å². The van der Waals surface area contributed by atoms with Gasteiger partial charge >= 0.3 is 11.6 Å². The van der Waals surface area contributed by atoms with Gasteiger partial charge in [-0.3, -0.25) is 4.79 Å². The zero-order valence-corrected chi connectivity index (χ0v) is 12.9. The van der Waals surface area contributed by atoms with Crippen molar-refractivity contribution in [3.63, 3.8) is 0 Å². The van der Waals surface area contributed by atoms with Crippen LogP contribution in [0, 0.1) is 0 Å². The van der Waals surface area contributed by atoms with Crippen molar-refractivity contribution in [2.24, 2.45) is 0 Å². The fraction of sp³-hybridized carbons (Fsp3) is 0.357. The predicted octanol–water partition coefficient (Wildman–Crippen LogP) is 4.45. The van der Waals surface area contributed by atoms with E-state index in [0.29, 0.717) is 11.0 Å². The molecule has 0 saturated carbocycles. The molecule has 0 spiro atoms. The summed E-state index contributed by atoms with van der Waals surface area (Å²) in [5.41, 5.74) is -2.84. The Kier molecular flexibility index (Phi) is 5.22. The number of halogens is 8. The summed E-state index contributed by atoms with van der Waals surface area (Å²) in [6.07, 6.45) is -7.91. The van der Waals surface area contributed by atoms with E-state index in [9.17, 15) is 35.5 Å². The molecule has 0 aliphatic heterocycles. The summed E-state index contributed by atoms with van der Waals surface area (Å²) in [5, 5.41) is -4.37. The lowest BCUT2D eigenvalue weighted by Crippen LogP contribution is -2.37. The monoisotopic (exact) mass is 390 g/mol. The lowest BCUT2D eigenvalue weighted by molar-refractivity contribution is -0.136. The van der Waals surface area contributed by atoms with Crippen molar-refractivity contribution in [3.05, 3.63) is 40.2 Å². The molecular formula is C14H10ClF7N2O. The van der Waals surface area contributed by atoms with Gasteiger partial charge in [-0.2, -0.15) is 22.0 Å². The number of aromatic nitrogens is 1. The minimum atomic E-state index is -4.89. The van der Waals surface area contributed by atoms with Gasteiger partial charge in [0.2, 0.25) is 5.56 Å². The molecule has 3 nitrogen and oxygen atoms in total. The average Bonchev–Trinajstić information content (AvgIpc) is 2.42. The minimum absolute atomic E-state index is 0.210. The first-order valence-corrected chi connectivity index (χ1v) is 7.09. The normalized spacial score (nSPS) is 12.8. The number of benzene rings is 1. The van der Waals surface area contributed by atoms with Crippen molar-refractivity contribution in [3.8, 4) is 0 Å². The Hall–Kier alpha value is -1.97. The van der Waals surface area contributed by atoms with Gasteiger partial charge in [0.25, 0.3) is 6.43 Å². The first-order chi connectivity index (χ1) is 11.4. The molecule has 2 aromatic rings. The number of fused-ring (bicyclic) bond motifs is 1. The molecule has 0 aliphatic carbocycles. The molecule has 0 amide bonds. The van der Waals surface area contributed by atoms with Gasteiger partial charge in [-0.25, -0.2) is 8.78 Å². The molecule has 1 N–H and O–H groups in total. The number of nitrogens with one attached hydrogen (secondary N) is 1. The highest BCUT2D eigenvalue weighted by Gasteiger charge is 2.34. The van der Waals surface area contributed by atoms with Crippen molar-refractivity contribution >= 4 is 28.2 Å². The third-order valence-electron chi connectivity index (χ3n) is 3.23. The highest BCUT2D eigenvalue weighted by Crippen LogP contribution is 2.35. The summed E-state index contributed by atoms with van der Waals surface area (Å²) in [6, 6.07) is 3.18. The van der Waals surface area contributed by atoms with E-state index in [1.54, 1.807) is 0 Å². The average molecular weight is 391 g/mol. The van der Waals surface area contributed by atoms with Gasteiger partial charge in [-0.1, -0.05) is 0 Å². The van der Waals surface area contributed by atoms with Crippen LogP contribution >= 0.6 is 11.6 Å². The molecule has 11 heteroatoms. The third-order valence-corrected chi connectivity index (χ3v) is 3.35. The summed E-state index contributed by atoms with van der Waals surface area (Å²) >= 11 is 4.76. The van der Waals surface area contributed by atoms with E-state index in [-0.39, 0.29) is 11.2 Å². The first-order valence-electron chi connectivity index (χ1n) is 6.71. The summed E-state index contributed by atoms with van der Waals surface area (Å²) in [6.45, 7) is -2.48. The lowest BCUT2D eigenvalue weighted by Gasteiger charge is -2.26. The summed E-state index contributed by atoms with van der Waals surface area (Å²) in [5.74, 6) is 0. The van der Waals surface area contributed by atoms with Gasteiger partial charge in [0, 0.05) is 22.7 Å². The van der Waals surface area contributed by atoms with E-state index in [4.69, 9.17) is 11.6 Å². The van der Waals surface area contributed by atoms with Crippen LogP contribution in [0.4, 0.5) is 36.4 Å². The molecule has 25 heavy (non-hydrogen) atoms. The Balaban J connectivity index is 2.61. The van der Waals surface area contributed by atoms with Crippen molar-refractivity contribution < 1.29 is 30.7 Å². The smallest absolute Gasteiger partial charge is 0.358 e. The van der Waals surface area contributed by atoms with Gasteiger partial charge in [-0.05, 0) is 29.8 Å². The van der Waals surface area contributed by atoms with Gasteiger partial charge in [0.1, 0.15) is 0 Å². The van der Waals surface area contributed by atoms with Crippen LogP contribution in [0.5, 0.6) is 0 Å². The number of hydrogen-bond donors (Lipinski definition) is 1. The van der Waals surface area contributed by atoms with Crippen LogP contribution in [-0.2, 0) is 6.18 Å². The van der Waals surface area contributed by atoms with Crippen LogP contribution in [0.1, 0.15) is 5.56 Å². The van der Waals surface area contributed by atoms with Crippen LogP contribution in [-0.4, -0.2) is 29.9 Å². The maximum absolute atomic E-state index is 13.1. The molecule has 1 heterocycles. The highest BCUT2D eigenvalue weighted by molar-refractivity contribution is 6.22. The zero-order valence-electron chi connectivity index (χ0n) is 12.2. The zero-order chi connectivity index (χ0) is 19.0. The Bertz CT molecular complexity index is 813. The molecule has 0 radical (unpaired) electrons. The standard InChI is InChI=1S/C14H10ClF7N2O/c15-13(18,19)6-24(5-11(16)17)7-1-2-10-8(3-7)9(14(20,21)22)4-12(25)23-10/h1-4,11H,5-6H2,(H,23,25). The fourth-order valence-corrected chi connectivity index (χ4v) is 2.46. The number of nitrogens with zero attached hydrogens (tertiary/aromatic N) is 1. The van der Waals surface area contributed by atoms with Crippen LogP contribution in [0.2, 0.25) is 0 Å². The molecule has 0 atom stereocenters. The second-order valence-electron chi connectivity index (χ2n) is 5.16. The number of pyridine rings is 1. The molecule has 2 rings (SSSR count). The molecule has 0 unspecified atom stereocenters. The maximum Gasteiger partial charge on any atom is 0.417 e. The minimum Gasteiger partial charge on any atom is -0.358 e. The Morgan fingerprint density at radius 1 is 1.12 bits per heavy atom. The molecule has 1 aromatic carbocycles. The van der Waals surface area contributed by atoms with E-state index in [1.165, 1.54) is 0 Å². The SMILES string of the molecule is O=c1cc(C(F)(F)F)c2cc(N(CC(F)F)CC(F)(F)Cl)ccc2[nH]1. The van der Waals surface area contributed by atoms with Crippen molar-refractivity contribution in [1.82, 2.24) is 4.98 Å². The van der Waals surface area contributed by atoms with Crippen molar-refractivity contribution in [2.45, 2.75) is 18.0 Å². The molecule has 0 aliphatic rings. The van der Waals surface area contributed by atoms with Gasteiger partial charge in [0.05, 0.1) is 18.7 Å². The molecular weight excluding hydrogens is 381 g/mol. The van der Waals surface area contributed by atoms with E-state index >= 15 is 0 Å². The summed E-state index contributed by atoms with van der Waals surface area (Å²) < 4.78 is 90.5. The molecule has 0 bridgehead atoms. The number of H-pyrrole nitrogens is 1. The molecule has 0 fully saturated rings. The Labute approximate surface area is 141 Å². The quantitative estimate of drug-likeness (QED) is 0.605. The summed E-state index contributed by atoms with van der Waals surface area (Å²) in [4.78, 5) is 14.0. The van der Waals surface area contributed by atoms with Gasteiger partial charge in [-0.15, -0.1) is 0 Å². The van der Waals surface area contributed by atoms with E-state index in [2.05, 4.69) is 4.98 Å². The Morgan fingerprint density at radius 2 is 1.76 bits per heavy atom. The largest absolute Gasteiger partial charge is 0.417 e. The molecule has 1 aromatic heterocycles. The van der Waals surface area contributed by atoms with Gasteiger partial charge < -0.3 is 9.88 Å². The lowest BCUT2D eigenvalue weighted by atomic mass is 10.1. The second kappa shape index (κ2) is 6.74. The van der Waals surface area contributed by atoms with Crippen LogP contribution < -0.4 is 10.5 Å². The van der Waals surface area contributed by atoms with E-state index in [1.807, 2.05) is 0 Å². The molecule has 0 saturated heterocycles. The first kappa shape index (κ1) is 19.4. The molecule has 138 valence electrons. The van der Waals surface area contributed by atoms with Gasteiger partial charge in [0.15, 0.2) is 0 Å². The number of hydrogen-bond acceptors (Lipinski definition) is 2. The van der Waals surface area contributed by atoms with Crippen LogP contribution in [0.3, 0.4) is 0 Å². The maximum atomic E-state index is 13.1. The number of alkyl halides is 8. The van der Waals surface area contributed by atoms with Crippen molar-refractivity contribution in [1.29, 1.82) is 0 Å². The number of rotatable bonds is 5.